The third-order valence-electron chi connectivity index (χ3n) is 4.41. The predicted molar refractivity (Wildman–Crippen MR) is 118 cm³/mol. The van der Waals surface area contributed by atoms with Crippen molar-refractivity contribution < 1.29 is 9.59 Å². The minimum absolute atomic E-state index is 0.120. The maximum atomic E-state index is 12.6. The van der Waals surface area contributed by atoms with Crippen molar-refractivity contribution in [3.8, 4) is 11.3 Å². The monoisotopic (exact) mass is 420 g/mol. The Morgan fingerprint density at radius 3 is 2.57 bits per heavy atom. The van der Waals surface area contributed by atoms with Gasteiger partial charge in [-0.2, -0.15) is 5.10 Å². The molecule has 0 fully saturated rings. The lowest BCUT2D eigenvalue weighted by Gasteiger charge is -2.06. The molecule has 0 radical (unpaired) electrons. The second-order valence-corrected chi connectivity index (χ2v) is 7.93. The van der Waals surface area contributed by atoms with Gasteiger partial charge in [-0.15, -0.1) is 11.3 Å². The van der Waals surface area contributed by atoms with E-state index in [9.17, 15) is 9.59 Å². The van der Waals surface area contributed by atoms with Gasteiger partial charge in [0.05, 0.1) is 17.5 Å². The number of hydrogen-bond acceptors (Lipinski definition) is 6. The molecule has 0 aliphatic rings. The number of carbonyl (C=O) groups is 2. The molecule has 0 aliphatic heterocycles. The molecule has 1 aromatic carbocycles. The highest BCUT2D eigenvalue weighted by atomic mass is 32.1. The molecule has 152 valence electrons. The molecule has 0 bridgehead atoms. The zero-order valence-electron chi connectivity index (χ0n) is 16.7. The summed E-state index contributed by atoms with van der Waals surface area (Å²) in [6, 6.07) is 9.33. The average molecular weight is 420 g/mol. The molecule has 4 aromatic rings. The van der Waals surface area contributed by atoms with Gasteiger partial charge in [-0.25, -0.2) is 14.6 Å². The van der Waals surface area contributed by atoms with Crippen LogP contribution in [0.5, 0.6) is 0 Å². The third-order valence-corrected chi connectivity index (χ3v) is 5.17. The highest BCUT2D eigenvalue weighted by molar-refractivity contribution is 7.14. The molecule has 4 rings (SSSR count). The summed E-state index contributed by atoms with van der Waals surface area (Å²) < 4.78 is 1.82. The number of carbonyl (C=O) groups excluding carboxylic acids is 2. The van der Waals surface area contributed by atoms with Gasteiger partial charge in [-0.1, -0.05) is 12.1 Å². The zero-order chi connectivity index (χ0) is 21.3. The fourth-order valence-electron chi connectivity index (χ4n) is 3.00. The van der Waals surface area contributed by atoms with E-state index in [2.05, 4.69) is 25.7 Å². The molecular weight excluding hydrogens is 400 g/mol. The van der Waals surface area contributed by atoms with Gasteiger partial charge in [0, 0.05) is 41.2 Å². The van der Waals surface area contributed by atoms with Gasteiger partial charge in [-0.3, -0.25) is 14.9 Å². The molecule has 3 heterocycles. The van der Waals surface area contributed by atoms with Crippen LogP contribution in [0.4, 0.5) is 10.8 Å². The Hall–Kier alpha value is -3.59. The standard InChI is InChI=1S/C21H20N6O2S/c1-12(2)27-19-15(10-23-27)8-16(9-22-19)20(29)26-21-25-18(11-30-21)14-4-6-17(7-5-14)24-13(3)28/h4-12H,1-3H3,(H,24,28)(H,25,26,29). The molecule has 2 amide bonds. The Morgan fingerprint density at radius 1 is 1.10 bits per heavy atom. The van der Waals surface area contributed by atoms with E-state index in [1.807, 2.05) is 48.2 Å². The third kappa shape index (κ3) is 4.06. The fourth-order valence-corrected chi connectivity index (χ4v) is 3.72. The summed E-state index contributed by atoms with van der Waals surface area (Å²) in [6.07, 6.45) is 3.26. The molecule has 3 aromatic heterocycles. The number of fused-ring (bicyclic) bond motifs is 1. The number of thiazole rings is 1. The summed E-state index contributed by atoms with van der Waals surface area (Å²) in [5.74, 6) is -0.394. The van der Waals surface area contributed by atoms with Gasteiger partial charge in [0.2, 0.25) is 5.91 Å². The minimum Gasteiger partial charge on any atom is -0.326 e. The van der Waals surface area contributed by atoms with E-state index in [-0.39, 0.29) is 17.9 Å². The first kappa shape index (κ1) is 19.7. The van der Waals surface area contributed by atoms with Gasteiger partial charge in [-0.05, 0) is 32.0 Å². The lowest BCUT2D eigenvalue weighted by Crippen LogP contribution is -2.12. The normalized spacial score (nSPS) is 11.1. The van der Waals surface area contributed by atoms with Crippen LogP contribution in [0, 0.1) is 0 Å². The van der Waals surface area contributed by atoms with E-state index in [1.54, 1.807) is 18.5 Å². The van der Waals surface area contributed by atoms with E-state index in [4.69, 9.17) is 0 Å². The van der Waals surface area contributed by atoms with Gasteiger partial charge in [0.25, 0.3) is 5.91 Å². The topological polar surface area (TPSA) is 102 Å². The Morgan fingerprint density at radius 2 is 1.87 bits per heavy atom. The first-order valence-corrected chi connectivity index (χ1v) is 10.3. The van der Waals surface area contributed by atoms with Gasteiger partial charge < -0.3 is 5.32 Å². The van der Waals surface area contributed by atoms with Crippen LogP contribution < -0.4 is 10.6 Å². The number of hydrogen-bond donors (Lipinski definition) is 2. The Bertz CT molecular complexity index is 1230. The minimum atomic E-state index is -0.274. The van der Waals surface area contributed by atoms with Crippen molar-refractivity contribution in [2.24, 2.45) is 0 Å². The largest absolute Gasteiger partial charge is 0.326 e. The van der Waals surface area contributed by atoms with Crippen LogP contribution in [0.2, 0.25) is 0 Å². The Kier molecular flexibility index (Phi) is 5.28. The summed E-state index contributed by atoms with van der Waals surface area (Å²) in [6.45, 7) is 5.53. The SMILES string of the molecule is CC(=O)Nc1ccc(-c2csc(NC(=O)c3cnc4c(cnn4C(C)C)c3)n2)cc1. The maximum absolute atomic E-state index is 12.6. The number of aromatic nitrogens is 4. The van der Waals surface area contributed by atoms with Crippen molar-refractivity contribution in [3.05, 3.63) is 53.7 Å². The molecule has 0 saturated carbocycles. The summed E-state index contributed by atoms with van der Waals surface area (Å²) in [5, 5.41) is 13.1. The number of benzene rings is 1. The van der Waals surface area contributed by atoms with E-state index in [0.29, 0.717) is 10.7 Å². The molecule has 8 nitrogen and oxygen atoms in total. The van der Waals surface area contributed by atoms with Crippen LogP contribution in [-0.2, 0) is 4.79 Å². The number of rotatable bonds is 5. The molecule has 2 N–H and O–H groups in total. The van der Waals surface area contributed by atoms with Crippen molar-refractivity contribution in [1.29, 1.82) is 0 Å². The summed E-state index contributed by atoms with van der Waals surface area (Å²) >= 11 is 1.34. The second-order valence-electron chi connectivity index (χ2n) is 7.07. The molecule has 9 heteroatoms. The van der Waals surface area contributed by atoms with Crippen LogP contribution in [0.1, 0.15) is 37.2 Å². The first-order valence-electron chi connectivity index (χ1n) is 9.39. The van der Waals surface area contributed by atoms with Crippen LogP contribution in [0.3, 0.4) is 0 Å². The van der Waals surface area contributed by atoms with Crippen molar-refractivity contribution in [3.63, 3.8) is 0 Å². The first-order chi connectivity index (χ1) is 14.4. The zero-order valence-corrected chi connectivity index (χ0v) is 17.5. The van der Waals surface area contributed by atoms with Crippen molar-refractivity contribution in [2.45, 2.75) is 26.8 Å². The van der Waals surface area contributed by atoms with Gasteiger partial charge in [0.15, 0.2) is 10.8 Å². The number of pyridine rings is 1. The van der Waals surface area contributed by atoms with E-state index in [1.165, 1.54) is 18.3 Å². The maximum Gasteiger partial charge on any atom is 0.259 e. The second kappa shape index (κ2) is 8.03. The van der Waals surface area contributed by atoms with E-state index in [0.717, 1.165) is 28.0 Å². The average Bonchev–Trinajstić information content (AvgIpc) is 3.34. The van der Waals surface area contributed by atoms with Gasteiger partial charge >= 0.3 is 0 Å². The number of anilines is 2. The quantitative estimate of drug-likeness (QED) is 0.500. The Balaban J connectivity index is 1.48. The molecule has 0 spiro atoms. The molecule has 0 unspecified atom stereocenters. The van der Waals surface area contributed by atoms with Crippen LogP contribution in [0.15, 0.2) is 48.1 Å². The van der Waals surface area contributed by atoms with Crippen LogP contribution in [0.25, 0.3) is 22.3 Å². The fraction of sp³-hybridized carbons (Fsp3) is 0.190. The van der Waals surface area contributed by atoms with Crippen molar-refractivity contribution >= 4 is 45.0 Å². The van der Waals surface area contributed by atoms with E-state index < -0.39 is 0 Å². The smallest absolute Gasteiger partial charge is 0.259 e. The van der Waals surface area contributed by atoms with Crippen LogP contribution in [-0.4, -0.2) is 31.6 Å². The Labute approximate surface area is 177 Å². The predicted octanol–water partition coefficient (Wildman–Crippen LogP) is 4.35. The number of nitrogens with one attached hydrogen (secondary N) is 2. The highest BCUT2D eigenvalue weighted by Crippen LogP contribution is 2.26. The number of amides is 2. The number of nitrogens with zero attached hydrogens (tertiary/aromatic N) is 4. The van der Waals surface area contributed by atoms with Gasteiger partial charge in [0.1, 0.15) is 0 Å². The van der Waals surface area contributed by atoms with Crippen molar-refractivity contribution in [1.82, 2.24) is 19.7 Å². The summed E-state index contributed by atoms with van der Waals surface area (Å²) in [5.41, 5.74) is 3.56. The summed E-state index contributed by atoms with van der Waals surface area (Å²) in [4.78, 5) is 32.7. The molecular formula is C21H20N6O2S. The van der Waals surface area contributed by atoms with Crippen molar-refractivity contribution in [2.75, 3.05) is 10.6 Å². The highest BCUT2D eigenvalue weighted by Gasteiger charge is 2.14. The summed E-state index contributed by atoms with van der Waals surface area (Å²) in [7, 11) is 0. The van der Waals surface area contributed by atoms with Crippen LogP contribution >= 0.6 is 11.3 Å². The van der Waals surface area contributed by atoms with E-state index >= 15 is 0 Å². The molecule has 0 atom stereocenters. The molecule has 30 heavy (non-hydrogen) atoms. The lowest BCUT2D eigenvalue weighted by molar-refractivity contribution is -0.114. The lowest BCUT2D eigenvalue weighted by atomic mass is 10.1. The molecule has 0 aliphatic carbocycles. The molecule has 0 saturated heterocycles.